The Bertz CT molecular complexity index is 621. The topological polar surface area (TPSA) is 61.8 Å². The number of hydrogen-bond acceptors (Lipinski definition) is 5. The maximum Gasteiger partial charge on any atom is 0.305 e. The number of hydrogen-bond donors (Lipinski definition) is 0. The fraction of sp³-hybridized carbons (Fsp3) is 0.471. The van der Waals surface area contributed by atoms with Crippen molar-refractivity contribution < 1.29 is 23.1 Å². The Kier molecular flexibility index (Phi) is 5.08. The maximum atomic E-state index is 11.2. The van der Waals surface area contributed by atoms with Crippen molar-refractivity contribution in [2.24, 2.45) is 0 Å². The summed E-state index contributed by atoms with van der Waals surface area (Å²) in [5.74, 6) is 2.70. The van der Waals surface area contributed by atoms with E-state index in [-0.39, 0.29) is 12.6 Å². The van der Waals surface area contributed by atoms with Gasteiger partial charge in [0.1, 0.15) is 36.3 Å². The lowest BCUT2D eigenvalue weighted by molar-refractivity contribution is -0.145. The highest BCUT2D eigenvalue weighted by molar-refractivity contribution is 5.68. The van der Waals surface area contributed by atoms with Crippen LogP contribution in [0.15, 0.2) is 33.1 Å². The van der Waals surface area contributed by atoms with Crippen LogP contribution in [0.25, 0.3) is 0 Å². The van der Waals surface area contributed by atoms with Crippen LogP contribution in [0.1, 0.15) is 50.2 Å². The molecule has 0 saturated heterocycles. The van der Waals surface area contributed by atoms with E-state index in [4.69, 9.17) is 18.3 Å². The number of ether oxygens (including phenoxy) is 2. The van der Waals surface area contributed by atoms with E-state index in [0.717, 1.165) is 17.3 Å². The molecule has 120 valence electrons. The first kappa shape index (κ1) is 16.4. The third kappa shape index (κ3) is 3.60. The minimum atomic E-state index is -0.418. The fourth-order valence-electron chi connectivity index (χ4n) is 2.10. The molecular weight excluding hydrogens is 284 g/mol. The Morgan fingerprint density at radius 2 is 1.59 bits per heavy atom. The second kappa shape index (κ2) is 6.83. The molecule has 5 heteroatoms. The van der Waals surface area contributed by atoms with Gasteiger partial charge >= 0.3 is 5.97 Å². The lowest BCUT2D eigenvalue weighted by Crippen LogP contribution is -2.17. The van der Waals surface area contributed by atoms with E-state index in [0.29, 0.717) is 18.8 Å². The van der Waals surface area contributed by atoms with Gasteiger partial charge in [0.25, 0.3) is 0 Å². The molecule has 0 amide bonds. The third-order valence-electron chi connectivity index (χ3n) is 3.51. The maximum absolute atomic E-state index is 11.2. The fourth-order valence-corrected chi connectivity index (χ4v) is 2.10. The van der Waals surface area contributed by atoms with E-state index >= 15 is 0 Å². The van der Waals surface area contributed by atoms with Gasteiger partial charge in [-0.05, 0) is 38.1 Å². The largest absolute Gasteiger partial charge is 0.463 e. The second-order valence-electron chi connectivity index (χ2n) is 5.60. The molecule has 0 N–H and O–H groups in total. The van der Waals surface area contributed by atoms with Gasteiger partial charge < -0.3 is 18.3 Å². The average Bonchev–Trinajstić information content (AvgIpc) is 3.14. The molecule has 0 unspecified atom stereocenters. The molecule has 0 aliphatic carbocycles. The predicted octanol–water partition coefficient (Wildman–Crippen LogP) is 3.80. The molecule has 5 nitrogen and oxygen atoms in total. The Morgan fingerprint density at radius 1 is 1.05 bits per heavy atom. The van der Waals surface area contributed by atoms with E-state index in [1.807, 2.05) is 38.1 Å². The van der Waals surface area contributed by atoms with Gasteiger partial charge in [-0.1, -0.05) is 6.92 Å². The summed E-state index contributed by atoms with van der Waals surface area (Å²) in [6.07, 6.45) is 0.355. The van der Waals surface area contributed by atoms with E-state index < -0.39 is 5.41 Å². The van der Waals surface area contributed by atoms with Crippen LogP contribution in [-0.4, -0.2) is 13.1 Å². The molecular formula is C17H22O5. The highest BCUT2D eigenvalue weighted by Gasteiger charge is 2.30. The van der Waals surface area contributed by atoms with Crippen molar-refractivity contribution in [1.29, 1.82) is 0 Å². The highest BCUT2D eigenvalue weighted by Crippen LogP contribution is 2.34. The van der Waals surface area contributed by atoms with Crippen molar-refractivity contribution in [1.82, 2.24) is 0 Å². The van der Waals surface area contributed by atoms with Crippen LogP contribution in [-0.2, 0) is 32.9 Å². The molecule has 22 heavy (non-hydrogen) atoms. The second-order valence-corrected chi connectivity index (χ2v) is 5.60. The van der Waals surface area contributed by atoms with Crippen LogP contribution >= 0.6 is 0 Å². The first-order valence-corrected chi connectivity index (χ1v) is 7.30. The van der Waals surface area contributed by atoms with Gasteiger partial charge in [0.05, 0.1) is 5.41 Å². The summed E-state index contributed by atoms with van der Waals surface area (Å²) in [5.41, 5.74) is -0.418. The lowest BCUT2D eigenvalue weighted by atomic mass is 9.87. The van der Waals surface area contributed by atoms with Gasteiger partial charge in [-0.2, -0.15) is 0 Å². The van der Waals surface area contributed by atoms with Crippen molar-refractivity contribution in [3.05, 3.63) is 47.3 Å². The summed E-state index contributed by atoms with van der Waals surface area (Å²) in [7, 11) is 1.63. The van der Waals surface area contributed by atoms with Crippen LogP contribution in [0.4, 0.5) is 0 Å². The van der Waals surface area contributed by atoms with E-state index in [2.05, 4.69) is 0 Å². The van der Waals surface area contributed by atoms with Gasteiger partial charge in [-0.3, -0.25) is 4.79 Å². The molecule has 2 aromatic heterocycles. The van der Waals surface area contributed by atoms with E-state index in [1.165, 1.54) is 0 Å². The smallest absolute Gasteiger partial charge is 0.305 e. The van der Waals surface area contributed by atoms with Gasteiger partial charge in [-0.15, -0.1) is 0 Å². The molecule has 0 aliphatic heterocycles. The van der Waals surface area contributed by atoms with Crippen LogP contribution < -0.4 is 0 Å². The van der Waals surface area contributed by atoms with Crippen molar-refractivity contribution in [3.63, 3.8) is 0 Å². The highest BCUT2D eigenvalue weighted by atomic mass is 16.5. The van der Waals surface area contributed by atoms with Crippen molar-refractivity contribution in [3.8, 4) is 0 Å². The quantitative estimate of drug-likeness (QED) is 0.728. The SMILES string of the molecule is CCC(=O)OCc1ccc(C(C)(C)c2ccc(COC)o2)o1. The molecule has 0 aliphatic rings. The normalized spacial score (nSPS) is 11.6. The molecule has 0 fully saturated rings. The van der Waals surface area contributed by atoms with Crippen molar-refractivity contribution >= 4 is 5.97 Å². The number of rotatable bonds is 7. The molecule has 0 aromatic carbocycles. The third-order valence-corrected chi connectivity index (χ3v) is 3.51. The number of carbonyl (C=O) groups excluding carboxylic acids is 1. The lowest BCUT2D eigenvalue weighted by Gasteiger charge is -2.19. The molecule has 2 aromatic rings. The van der Waals surface area contributed by atoms with Gasteiger partial charge in [0.15, 0.2) is 0 Å². The van der Waals surface area contributed by atoms with Crippen LogP contribution in [0.2, 0.25) is 0 Å². The molecule has 0 radical (unpaired) electrons. The number of methoxy groups -OCH3 is 1. The molecule has 0 spiro atoms. The minimum absolute atomic E-state index is 0.149. The Morgan fingerprint density at radius 3 is 2.09 bits per heavy atom. The Labute approximate surface area is 130 Å². The molecule has 0 atom stereocenters. The van der Waals surface area contributed by atoms with Gasteiger partial charge in [0, 0.05) is 13.5 Å². The van der Waals surface area contributed by atoms with E-state index in [9.17, 15) is 4.79 Å². The van der Waals surface area contributed by atoms with Crippen molar-refractivity contribution in [2.45, 2.75) is 45.8 Å². The van der Waals surface area contributed by atoms with Crippen molar-refractivity contribution in [2.75, 3.05) is 7.11 Å². The minimum Gasteiger partial charge on any atom is -0.463 e. The zero-order valence-corrected chi connectivity index (χ0v) is 13.5. The zero-order chi connectivity index (χ0) is 16.2. The summed E-state index contributed by atoms with van der Waals surface area (Å²) in [4.78, 5) is 11.2. The predicted molar refractivity (Wildman–Crippen MR) is 80.3 cm³/mol. The Balaban J connectivity index is 2.11. The summed E-state index contributed by atoms with van der Waals surface area (Å²) >= 11 is 0. The Hall–Kier alpha value is -2.01. The molecule has 0 saturated carbocycles. The summed E-state index contributed by atoms with van der Waals surface area (Å²) in [5, 5.41) is 0. The van der Waals surface area contributed by atoms with Crippen LogP contribution in [0.5, 0.6) is 0 Å². The number of carbonyl (C=O) groups is 1. The summed E-state index contributed by atoms with van der Waals surface area (Å²) in [6.45, 7) is 6.38. The summed E-state index contributed by atoms with van der Waals surface area (Å²) < 4.78 is 21.7. The standard InChI is InChI=1S/C17H22O5/c1-5-16(18)20-11-13-7-9-15(22-13)17(2,3)14-8-6-12(21-14)10-19-4/h6-9H,5,10-11H2,1-4H3. The molecule has 2 rings (SSSR count). The first-order chi connectivity index (χ1) is 10.5. The van der Waals surface area contributed by atoms with Gasteiger partial charge in [0.2, 0.25) is 0 Å². The summed E-state index contributed by atoms with van der Waals surface area (Å²) in [6, 6.07) is 7.52. The average molecular weight is 306 g/mol. The first-order valence-electron chi connectivity index (χ1n) is 7.30. The monoisotopic (exact) mass is 306 g/mol. The molecule has 0 bridgehead atoms. The van der Waals surface area contributed by atoms with E-state index in [1.54, 1.807) is 14.0 Å². The zero-order valence-electron chi connectivity index (χ0n) is 13.5. The molecule has 2 heterocycles. The number of furan rings is 2. The van der Waals surface area contributed by atoms with Gasteiger partial charge in [-0.25, -0.2) is 0 Å². The van der Waals surface area contributed by atoms with Crippen LogP contribution in [0.3, 0.4) is 0 Å². The van der Waals surface area contributed by atoms with Crippen LogP contribution in [0, 0.1) is 0 Å². The number of esters is 1.